The number of carbonyl (C=O) groups is 1. The van der Waals surface area contributed by atoms with E-state index in [2.05, 4.69) is 20.9 Å². The summed E-state index contributed by atoms with van der Waals surface area (Å²) < 4.78 is 4.79. The second-order valence-corrected chi connectivity index (χ2v) is 2.52. The van der Waals surface area contributed by atoms with Gasteiger partial charge in [-0.15, -0.1) is 0 Å². The molecule has 0 bridgehead atoms. The number of carbonyl (C=O) groups excluding carboxylic acids is 1. The largest absolute Gasteiger partial charge is 0.383 e. The van der Waals surface area contributed by atoms with E-state index in [1.165, 1.54) is 0 Å². The molecule has 0 saturated heterocycles. The predicted molar refractivity (Wildman–Crippen MR) is 55.3 cm³/mol. The molecular weight excluding hydrogens is 184 g/mol. The second-order valence-electron chi connectivity index (χ2n) is 2.52. The van der Waals surface area contributed by atoms with Crippen LogP contribution in [0.3, 0.4) is 0 Å². The van der Waals surface area contributed by atoms with E-state index < -0.39 is 0 Å². The number of hydrogen-bond donors (Lipinski definition) is 3. The second kappa shape index (κ2) is 8.31. The van der Waals surface area contributed by atoms with Crippen LogP contribution in [0.25, 0.3) is 0 Å². The van der Waals surface area contributed by atoms with Gasteiger partial charge in [0, 0.05) is 27.7 Å². The molecule has 0 saturated carbocycles. The van der Waals surface area contributed by atoms with Crippen molar-refractivity contribution in [3.63, 3.8) is 0 Å². The third-order valence-electron chi connectivity index (χ3n) is 1.51. The van der Waals surface area contributed by atoms with Crippen LogP contribution in [0.2, 0.25) is 0 Å². The number of aliphatic imine (C=N–C) groups is 1. The number of rotatable bonds is 5. The highest BCUT2D eigenvalue weighted by atomic mass is 16.5. The molecule has 0 heterocycles. The van der Waals surface area contributed by atoms with Gasteiger partial charge in [-0.25, -0.2) is 0 Å². The lowest BCUT2D eigenvalue weighted by Gasteiger charge is -2.08. The highest BCUT2D eigenvalue weighted by Crippen LogP contribution is 1.69. The lowest BCUT2D eigenvalue weighted by atomic mass is 10.5. The van der Waals surface area contributed by atoms with Gasteiger partial charge in [0.15, 0.2) is 5.96 Å². The number of ether oxygens (including phenoxy) is 1. The van der Waals surface area contributed by atoms with Crippen LogP contribution in [-0.2, 0) is 9.53 Å². The first kappa shape index (κ1) is 12.7. The van der Waals surface area contributed by atoms with Gasteiger partial charge in [-0.1, -0.05) is 0 Å². The standard InChI is InChI=1S/C8H18N4O2/c1-9-8(10-2)12-6-7(13)11-4-5-14-3/h4-6H2,1-3H3,(H,11,13)(H2,9,10,12). The third kappa shape index (κ3) is 6.24. The molecule has 6 heteroatoms. The summed E-state index contributed by atoms with van der Waals surface area (Å²) >= 11 is 0. The Labute approximate surface area is 84.1 Å². The molecule has 3 N–H and O–H groups in total. The van der Waals surface area contributed by atoms with Crippen LogP contribution in [-0.4, -0.2) is 52.8 Å². The smallest absolute Gasteiger partial charge is 0.239 e. The van der Waals surface area contributed by atoms with Crippen molar-refractivity contribution in [3.05, 3.63) is 0 Å². The van der Waals surface area contributed by atoms with Crippen molar-refractivity contribution in [2.24, 2.45) is 4.99 Å². The molecule has 0 fully saturated rings. The van der Waals surface area contributed by atoms with Gasteiger partial charge in [0.05, 0.1) is 13.2 Å². The first-order valence-electron chi connectivity index (χ1n) is 4.38. The van der Waals surface area contributed by atoms with E-state index in [4.69, 9.17) is 4.74 Å². The molecule has 0 aromatic rings. The van der Waals surface area contributed by atoms with Gasteiger partial charge in [-0.05, 0) is 0 Å². The minimum absolute atomic E-state index is 0.0848. The van der Waals surface area contributed by atoms with Crippen LogP contribution < -0.4 is 16.0 Å². The quantitative estimate of drug-likeness (QED) is 0.289. The SMILES string of the molecule is CN=C(NC)NCC(=O)NCCOC. The zero-order valence-corrected chi connectivity index (χ0v) is 8.89. The van der Waals surface area contributed by atoms with E-state index in [0.29, 0.717) is 19.1 Å². The molecule has 14 heavy (non-hydrogen) atoms. The van der Waals surface area contributed by atoms with Crippen molar-refractivity contribution >= 4 is 11.9 Å². The zero-order valence-electron chi connectivity index (χ0n) is 8.89. The summed E-state index contributed by atoms with van der Waals surface area (Å²) in [7, 11) is 4.97. The minimum Gasteiger partial charge on any atom is -0.383 e. The van der Waals surface area contributed by atoms with Gasteiger partial charge < -0.3 is 20.7 Å². The van der Waals surface area contributed by atoms with Crippen LogP contribution in [0.5, 0.6) is 0 Å². The van der Waals surface area contributed by atoms with Crippen molar-refractivity contribution in [2.75, 3.05) is 40.9 Å². The molecule has 0 aliphatic carbocycles. The van der Waals surface area contributed by atoms with Gasteiger partial charge in [0.25, 0.3) is 0 Å². The molecular formula is C8H18N4O2. The molecule has 0 unspecified atom stereocenters. The van der Waals surface area contributed by atoms with E-state index in [9.17, 15) is 4.79 Å². The summed E-state index contributed by atoms with van der Waals surface area (Å²) in [5.74, 6) is 0.505. The Morgan fingerprint density at radius 3 is 2.64 bits per heavy atom. The Kier molecular flexibility index (Phi) is 7.53. The van der Waals surface area contributed by atoms with Gasteiger partial charge >= 0.3 is 0 Å². The van der Waals surface area contributed by atoms with Gasteiger partial charge in [0.2, 0.25) is 5.91 Å². The lowest BCUT2D eigenvalue weighted by molar-refractivity contribution is -0.120. The van der Waals surface area contributed by atoms with E-state index in [0.717, 1.165) is 0 Å². The first-order chi connectivity index (χ1) is 6.74. The number of amides is 1. The zero-order chi connectivity index (χ0) is 10.8. The van der Waals surface area contributed by atoms with Crippen molar-refractivity contribution in [3.8, 4) is 0 Å². The summed E-state index contributed by atoms with van der Waals surface area (Å²) in [5, 5.41) is 8.32. The fraction of sp³-hybridized carbons (Fsp3) is 0.750. The summed E-state index contributed by atoms with van der Waals surface area (Å²) in [5.41, 5.74) is 0. The van der Waals surface area contributed by atoms with Crippen molar-refractivity contribution < 1.29 is 9.53 Å². The number of guanidine groups is 1. The third-order valence-corrected chi connectivity index (χ3v) is 1.51. The van der Waals surface area contributed by atoms with Crippen LogP contribution in [0.4, 0.5) is 0 Å². The van der Waals surface area contributed by atoms with Crippen molar-refractivity contribution in [1.82, 2.24) is 16.0 Å². The number of methoxy groups -OCH3 is 1. The van der Waals surface area contributed by atoms with E-state index in [1.807, 2.05) is 0 Å². The normalized spacial score (nSPS) is 10.9. The Balaban J connectivity index is 3.53. The van der Waals surface area contributed by atoms with Gasteiger partial charge in [0.1, 0.15) is 0 Å². The van der Waals surface area contributed by atoms with Crippen molar-refractivity contribution in [2.45, 2.75) is 0 Å². The molecule has 6 nitrogen and oxygen atoms in total. The van der Waals surface area contributed by atoms with Gasteiger partial charge in [-0.2, -0.15) is 0 Å². The molecule has 0 spiro atoms. The van der Waals surface area contributed by atoms with E-state index in [-0.39, 0.29) is 12.5 Å². The number of hydrogen-bond acceptors (Lipinski definition) is 3. The number of nitrogens with one attached hydrogen (secondary N) is 3. The highest BCUT2D eigenvalue weighted by Gasteiger charge is 2.00. The minimum atomic E-state index is -0.0848. The fourth-order valence-corrected chi connectivity index (χ4v) is 0.798. The lowest BCUT2D eigenvalue weighted by Crippen LogP contribution is -2.42. The maximum atomic E-state index is 11.1. The molecule has 0 rings (SSSR count). The molecule has 0 atom stereocenters. The van der Waals surface area contributed by atoms with Crippen LogP contribution >= 0.6 is 0 Å². The van der Waals surface area contributed by atoms with Crippen LogP contribution in [0, 0.1) is 0 Å². The average Bonchev–Trinajstić information content (AvgIpc) is 2.20. The summed E-state index contributed by atoms with van der Waals surface area (Å²) in [6.07, 6.45) is 0. The van der Waals surface area contributed by atoms with Crippen molar-refractivity contribution in [1.29, 1.82) is 0 Å². The molecule has 82 valence electrons. The summed E-state index contributed by atoms with van der Waals surface area (Å²) in [6.45, 7) is 1.25. The molecule has 0 radical (unpaired) electrons. The topological polar surface area (TPSA) is 74.8 Å². The fourth-order valence-electron chi connectivity index (χ4n) is 0.798. The van der Waals surface area contributed by atoms with E-state index in [1.54, 1.807) is 21.2 Å². The molecule has 0 aliphatic heterocycles. The molecule has 0 aliphatic rings. The molecule has 0 aromatic heterocycles. The average molecular weight is 202 g/mol. The Morgan fingerprint density at radius 1 is 1.43 bits per heavy atom. The monoisotopic (exact) mass is 202 g/mol. The maximum Gasteiger partial charge on any atom is 0.239 e. The van der Waals surface area contributed by atoms with Crippen LogP contribution in [0.15, 0.2) is 4.99 Å². The Bertz CT molecular complexity index is 194. The van der Waals surface area contributed by atoms with E-state index >= 15 is 0 Å². The first-order valence-corrected chi connectivity index (χ1v) is 4.38. The van der Waals surface area contributed by atoms with Gasteiger partial charge in [-0.3, -0.25) is 9.79 Å². The predicted octanol–water partition coefficient (Wildman–Crippen LogP) is -1.46. The molecule has 1 amide bonds. The summed E-state index contributed by atoms with van der Waals surface area (Å²) in [4.78, 5) is 15.0. The molecule has 0 aromatic carbocycles. The highest BCUT2D eigenvalue weighted by molar-refractivity contribution is 5.86. The maximum absolute atomic E-state index is 11.1. The number of nitrogens with zero attached hydrogens (tertiary/aromatic N) is 1. The summed E-state index contributed by atoms with van der Waals surface area (Å²) in [6, 6.07) is 0. The Hall–Kier alpha value is -1.30. The Morgan fingerprint density at radius 2 is 2.14 bits per heavy atom. The van der Waals surface area contributed by atoms with Crippen LogP contribution in [0.1, 0.15) is 0 Å².